The summed E-state index contributed by atoms with van der Waals surface area (Å²) in [6.07, 6.45) is 2.99. The molecule has 0 fully saturated rings. The van der Waals surface area contributed by atoms with Crippen molar-refractivity contribution in [2.45, 2.75) is 24.3 Å². The van der Waals surface area contributed by atoms with E-state index < -0.39 is 5.51 Å². The molecular weight excluding hydrogens is 325 g/mol. The summed E-state index contributed by atoms with van der Waals surface area (Å²) >= 11 is -0.165. The molecular formula is C16H15F3N2OS. The lowest BCUT2D eigenvalue weighted by molar-refractivity contribution is -0.0328. The van der Waals surface area contributed by atoms with E-state index in [1.165, 1.54) is 18.2 Å². The second-order valence-corrected chi connectivity index (χ2v) is 6.12. The number of halogens is 3. The third-order valence-electron chi connectivity index (χ3n) is 3.30. The summed E-state index contributed by atoms with van der Waals surface area (Å²) in [5, 5.41) is 4.18. The fourth-order valence-corrected chi connectivity index (χ4v) is 2.71. The van der Waals surface area contributed by atoms with Crippen LogP contribution in [0, 0.1) is 13.8 Å². The van der Waals surface area contributed by atoms with Gasteiger partial charge in [-0.05, 0) is 49.4 Å². The van der Waals surface area contributed by atoms with Crippen molar-refractivity contribution in [3.63, 3.8) is 0 Å². The summed E-state index contributed by atoms with van der Waals surface area (Å²) in [5.74, 6) is -0.179. The van der Waals surface area contributed by atoms with E-state index in [1.54, 1.807) is 36.9 Å². The van der Waals surface area contributed by atoms with E-state index >= 15 is 0 Å². The number of carbonyl (C=O) groups is 1. The van der Waals surface area contributed by atoms with Crippen LogP contribution < -0.4 is 0 Å². The SMILES string of the molecule is Cc1nn(C)c(C)c1C(=O)/C=C/c1ccc(SC(F)(F)F)cc1. The lowest BCUT2D eigenvalue weighted by atomic mass is 10.1. The highest BCUT2D eigenvalue weighted by atomic mass is 32.2. The van der Waals surface area contributed by atoms with Crippen LogP contribution >= 0.6 is 11.8 Å². The van der Waals surface area contributed by atoms with Gasteiger partial charge in [0.25, 0.3) is 0 Å². The van der Waals surface area contributed by atoms with Gasteiger partial charge < -0.3 is 0 Å². The normalized spacial score (nSPS) is 12.1. The van der Waals surface area contributed by atoms with E-state index in [-0.39, 0.29) is 22.4 Å². The second kappa shape index (κ2) is 6.62. The minimum Gasteiger partial charge on any atom is -0.289 e. The van der Waals surface area contributed by atoms with Gasteiger partial charge in [-0.3, -0.25) is 9.48 Å². The highest BCUT2D eigenvalue weighted by Gasteiger charge is 2.28. The van der Waals surface area contributed by atoms with Crippen LogP contribution in [0.4, 0.5) is 13.2 Å². The zero-order valence-electron chi connectivity index (χ0n) is 12.8. The Morgan fingerprint density at radius 1 is 1.22 bits per heavy atom. The number of hydrogen-bond acceptors (Lipinski definition) is 3. The molecule has 23 heavy (non-hydrogen) atoms. The summed E-state index contributed by atoms with van der Waals surface area (Å²) in [4.78, 5) is 12.3. The molecule has 0 radical (unpaired) electrons. The number of allylic oxidation sites excluding steroid dienone is 1. The topological polar surface area (TPSA) is 34.9 Å². The van der Waals surface area contributed by atoms with Gasteiger partial charge in [0.15, 0.2) is 5.78 Å². The van der Waals surface area contributed by atoms with Crippen molar-refractivity contribution in [2.24, 2.45) is 7.05 Å². The third kappa shape index (κ3) is 4.48. The lowest BCUT2D eigenvalue weighted by Gasteiger charge is -2.05. The number of rotatable bonds is 4. The van der Waals surface area contributed by atoms with Crippen LogP contribution in [0.3, 0.4) is 0 Å². The summed E-state index contributed by atoms with van der Waals surface area (Å²) in [6, 6.07) is 5.84. The van der Waals surface area contributed by atoms with Crippen LogP contribution in [0.1, 0.15) is 27.3 Å². The molecule has 1 heterocycles. The molecule has 0 spiro atoms. The smallest absolute Gasteiger partial charge is 0.289 e. The number of aromatic nitrogens is 2. The predicted molar refractivity (Wildman–Crippen MR) is 84.4 cm³/mol. The molecule has 122 valence electrons. The molecule has 1 aromatic heterocycles. The number of hydrogen-bond donors (Lipinski definition) is 0. The number of ketones is 1. The molecule has 0 aliphatic carbocycles. The summed E-state index contributed by atoms with van der Waals surface area (Å²) in [5.41, 5.74) is -1.68. The fourth-order valence-electron chi connectivity index (χ4n) is 2.17. The van der Waals surface area contributed by atoms with Gasteiger partial charge in [0.2, 0.25) is 0 Å². The molecule has 2 aromatic rings. The Kier molecular flexibility index (Phi) is 4.99. The molecule has 0 saturated carbocycles. The molecule has 0 atom stereocenters. The third-order valence-corrected chi connectivity index (χ3v) is 4.04. The van der Waals surface area contributed by atoms with E-state index in [0.29, 0.717) is 16.8 Å². The summed E-state index contributed by atoms with van der Waals surface area (Å²) in [7, 11) is 1.76. The Bertz CT molecular complexity index is 746. The Morgan fingerprint density at radius 3 is 2.30 bits per heavy atom. The van der Waals surface area contributed by atoms with E-state index in [1.807, 2.05) is 6.92 Å². The maximum atomic E-state index is 12.3. The van der Waals surface area contributed by atoms with E-state index in [4.69, 9.17) is 0 Å². The monoisotopic (exact) mass is 340 g/mol. The average Bonchev–Trinajstić information content (AvgIpc) is 2.69. The van der Waals surface area contributed by atoms with E-state index in [2.05, 4.69) is 5.10 Å². The van der Waals surface area contributed by atoms with Crippen LogP contribution in [-0.4, -0.2) is 21.1 Å². The molecule has 3 nitrogen and oxygen atoms in total. The summed E-state index contributed by atoms with van der Waals surface area (Å²) in [6.45, 7) is 3.57. The molecule has 0 N–H and O–H groups in total. The lowest BCUT2D eigenvalue weighted by Crippen LogP contribution is -1.99. The summed E-state index contributed by atoms with van der Waals surface area (Å²) < 4.78 is 38.4. The van der Waals surface area contributed by atoms with Crippen LogP contribution in [0.2, 0.25) is 0 Å². The fraction of sp³-hybridized carbons (Fsp3) is 0.250. The number of carbonyl (C=O) groups excluding carboxylic acids is 1. The Morgan fingerprint density at radius 2 is 1.83 bits per heavy atom. The largest absolute Gasteiger partial charge is 0.446 e. The molecule has 2 rings (SSSR count). The molecule has 1 aromatic carbocycles. The van der Waals surface area contributed by atoms with Gasteiger partial charge in [-0.2, -0.15) is 18.3 Å². The van der Waals surface area contributed by atoms with E-state index in [9.17, 15) is 18.0 Å². The zero-order valence-corrected chi connectivity index (χ0v) is 13.6. The van der Waals surface area contributed by atoms with Gasteiger partial charge in [0.05, 0.1) is 11.3 Å². The number of nitrogens with zero attached hydrogens (tertiary/aromatic N) is 2. The molecule has 0 unspecified atom stereocenters. The predicted octanol–water partition coefficient (Wildman–Crippen LogP) is 4.54. The molecule has 7 heteroatoms. The minimum atomic E-state index is -4.30. The molecule has 0 aliphatic heterocycles. The number of benzene rings is 1. The van der Waals surface area contributed by atoms with Crippen molar-refractivity contribution < 1.29 is 18.0 Å². The van der Waals surface area contributed by atoms with Crippen molar-refractivity contribution in [2.75, 3.05) is 0 Å². The molecule has 0 bridgehead atoms. The van der Waals surface area contributed by atoms with Crippen molar-refractivity contribution in [1.29, 1.82) is 0 Å². The van der Waals surface area contributed by atoms with Gasteiger partial charge in [-0.1, -0.05) is 18.2 Å². The second-order valence-electron chi connectivity index (χ2n) is 4.98. The first-order chi connectivity index (χ1) is 10.7. The van der Waals surface area contributed by atoms with Gasteiger partial charge in [-0.25, -0.2) is 0 Å². The van der Waals surface area contributed by atoms with Crippen molar-refractivity contribution in [3.05, 3.63) is 52.9 Å². The first kappa shape index (κ1) is 17.3. The zero-order chi connectivity index (χ0) is 17.2. The van der Waals surface area contributed by atoms with E-state index in [0.717, 1.165) is 5.69 Å². The highest BCUT2D eigenvalue weighted by Crippen LogP contribution is 2.36. The number of thioether (sulfide) groups is 1. The van der Waals surface area contributed by atoms with Crippen molar-refractivity contribution >= 4 is 23.6 Å². The maximum Gasteiger partial charge on any atom is 0.446 e. The average molecular weight is 340 g/mol. The van der Waals surface area contributed by atoms with Gasteiger partial charge in [0, 0.05) is 17.6 Å². The van der Waals surface area contributed by atoms with Crippen LogP contribution in [-0.2, 0) is 7.05 Å². The number of aryl methyl sites for hydroxylation is 2. The first-order valence-corrected chi connectivity index (χ1v) is 7.57. The quantitative estimate of drug-likeness (QED) is 0.465. The molecule has 0 amide bonds. The van der Waals surface area contributed by atoms with Crippen LogP contribution in [0.25, 0.3) is 6.08 Å². The van der Waals surface area contributed by atoms with Crippen LogP contribution in [0.5, 0.6) is 0 Å². The minimum absolute atomic E-state index is 0.111. The molecule has 0 saturated heterocycles. The Balaban J connectivity index is 2.12. The van der Waals surface area contributed by atoms with Crippen molar-refractivity contribution in [1.82, 2.24) is 9.78 Å². The molecule has 0 aliphatic rings. The number of alkyl halides is 3. The van der Waals surface area contributed by atoms with Gasteiger partial charge >= 0.3 is 5.51 Å². The van der Waals surface area contributed by atoms with Gasteiger partial charge in [0.1, 0.15) is 0 Å². The van der Waals surface area contributed by atoms with Crippen molar-refractivity contribution in [3.8, 4) is 0 Å². The Hall–Kier alpha value is -2.02. The Labute approximate surface area is 136 Å². The van der Waals surface area contributed by atoms with Gasteiger partial charge in [-0.15, -0.1) is 0 Å². The first-order valence-electron chi connectivity index (χ1n) is 6.76. The highest BCUT2D eigenvalue weighted by molar-refractivity contribution is 8.00. The maximum absolute atomic E-state index is 12.3. The standard InChI is InChI=1S/C16H15F3N2OS/c1-10-15(11(2)21(3)20-10)14(22)9-6-12-4-7-13(8-5-12)23-16(17,18)19/h4-9H,1-3H3/b9-6+. The van der Waals surface area contributed by atoms with Crippen LogP contribution in [0.15, 0.2) is 35.2 Å².